The Hall–Kier alpha value is -1.69. The first-order valence-electron chi connectivity index (χ1n) is 5.11. The van der Waals surface area contributed by atoms with E-state index < -0.39 is 11.9 Å². The second-order valence-corrected chi connectivity index (χ2v) is 4.20. The summed E-state index contributed by atoms with van der Waals surface area (Å²) in [6.07, 6.45) is 3.18. The van der Waals surface area contributed by atoms with Crippen molar-refractivity contribution >= 4 is 23.4 Å². The van der Waals surface area contributed by atoms with Crippen molar-refractivity contribution in [3.63, 3.8) is 0 Å². The van der Waals surface area contributed by atoms with Crippen LogP contribution in [0.25, 0.3) is 0 Å². The number of nitrogens with zero attached hydrogens (tertiary/aromatic N) is 3. The molecule has 2 heterocycles. The van der Waals surface area contributed by atoms with Crippen LogP contribution in [0.5, 0.6) is 0 Å². The highest BCUT2D eigenvalue weighted by atomic mass is 35.5. The van der Waals surface area contributed by atoms with E-state index in [1.807, 2.05) is 0 Å². The monoisotopic (exact) mass is 254 g/mol. The minimum absolute atomic E-state index is 0.0871. The summed E-state index contributed by atoms with van der Waals surface area (Å²) in [6, 6.07) is -0.487. The first-order valence-corrected chi connectivity index (χ1v) is 5.48. The smallest absolute Gasteiger partial charge is 0.272 e. The summed E-state index contributed by atoms with van der Waals surface area (Å²) < 4.78 is 0. The van der Waals surface area contributed by atoms with E-state index >= 15 is 0 Å². The highest BCUT2D eigenvalue weighted by molar-refractivity contribution is 6.33. The van der Waals surface area contributed by atoms with Crippen molar-refractivity contribution in [2.45, 2.75) is 12.5 Å². The molecule has 1 unspecified atom stereocenters. The second kappa shape index (κ2) is 4.67. The summed E-state index contributed by atoms with van der Waals surface area (Å²) in [7, 11) is 1.70. The average molecular weight is 255 g/mol. The van der Waals surface area contributed by atoms with Crippen LogP contribution in [0, 0.1) is 0 Å². The molecular weight excluding hydrogens is 244 g/mol. The van der Waals surface area contributed by atoms with Gasteiger partial charge in [0, 0.05) is 19.8 Å². The van der Waals surface area contributed by atoms with Crippen molar-refractivity contribution in [1.29, 1.82) is 0 Å². The Morgan fingerprint density at radius 1 is 1.65 bits per heavy atom. The number of hydrogen-bond donors (Lipinski definition) is 1. The standard InChI is InChI=1S/C10H11ClN4O2/c1-15-3-2-7(10(15)17)14-9(16)8-6(11)4-12-5-13-8/h4-5,7H,2-3H2,1H3,(H,14,16). The van der Waals surface area contributed by atoms with Gasteiger partial charge in [-0.1, -0.05) is 11.6 Å². The molecule has 7 heteroatoms. The molecular formula is C10H11ClN4O2. The number of halogens is 1. The van der Waals surface area contributed by atoms with Crippen molar-refractivity contribution < 1.29 is 9.59 Å². The molecule has 1 atom stereocenters. The predicted octanol–water partition coefficient (Wildman–Crippen LogP) is 0.0905. The molecule has 90 valence electrons. The van der Waals surface area contributed by atoms with Gasteiger partial charge in [0.15, 0.2) is 0 Å². The quantitative estimate of drug-likeness (QED) is 0.812. The highest BCUT2D eigenvalue weighted by Gasteiger charge is 2.31. The normalized spacial score (nSPS) is 19.5. The van der Waals surface area contributed by atoms with Crippen molar-refractivity contribution in [2.75, 3.05) is 13.6 Å². The Morgan fingerprint density at radius 3 is 3.00 bits per heavy atom. The van der Waals surface area contributed by atoms with E-state index in [0.717, 1.165) is 0 Å². The van der Waals surface area contributed by atoms with Crippen LogP contribution in [0.2, 0.25) is 5.02 Å². The molecule has 0 saturated carbocycles. The van der Waals surface area contributed by atoms with E-state index in [1.165, 1.54) is 12.5 Å². The number of likely N-dealkylation sites (tertiary alicyclic amines) is 1. The van der Waals surface area contributed by atoms with Gasteiger partial charge in [-0.3, -0.25) is 9.59 Å². The molecule has 2 rings (SSSR count). The van der Waals surface area contributed by atoms with Crippen molar-refractivity contribution in [1.82, 2.24) is 20.2 Å². The fraction of sp³-hybridized carbons (Fsp3) is 0.400. The molecule has 1 aromatic heterocycles. The number of carbonyl (C=O) groups is 2. The number of hydrogen-bond acceptors (Lipinski definition) is 4. The SMILES string of the molecule is CN1CCC(NC(=O)c2ncncc2Cl)C1=O. The molecule has 0 aromatic carbocycles. The van der Waals surface area contributed by atoms with Crippen LogP contribution in [0.3, 0.4) is 0 Å². The number of carbonyl (C=O) groups excluding carboxylic acids is 2. The van der Waals surface area contributed by atoms with Crippen LogP contribution in [0.15, 0.2) is 12.5 Å². The van der Waals surface area contributed by atoms with E-state index in [0.29, 0.717) is 13.0 Å². The van der Waals surface area contributed by atoms with Gasteiger partial charge in [-0.2, -0.15) is 0 Å². The number of rotatable bonds is 2. The Morgan fingerprint density at radius 2 is 2.41 bits per heavy atom. The molecule has 0 aliphatic carbocycles. The van der Waals surface area contributed by atoms with Gasteiger partial charge in [-0.05, 0) is 6.42 Å². The third-order valence-electron chi connectivity index (χ3n) is 2.62. The Balaban J connectivity index is 2.08. The third kappa shape index (κ3) is 2.36. The van der Waals surface area contributed by atoms with Crippen LogP contribution in [0.4, 0.5) is 0 Å². The summed E-state index contributed by atoms with van der Waals surface area (Å²) in [5, 5.41) is 2.78. The van der Waals surface area contributed by atoms with Crippen LogP contribution in [-0.4, -0.2) is 46.3 Å². The lowest BCUT2D eigenvalue weighted by Gasteiger charge is -2.12. The van der Waals surface area contributed by atoms with Crippen LogP contribution in [-0.2, 0) is 4.79 Å². The molecule has 1 N–H and O–H groups in total. The molecule has 0 spiro atoms. The summed E-state index contributed by atoms with van der Waals surface area (Å²) in [6.45, 7) is 0.640. The van der Waals surface area contributed by atoms with E-state index in [9.17, 15) is 9.59 Å². The third-order valence-corrected chi connectivity index (χ3v) is 2.89. The molecule has 17 heavy (non-hydrogen) atoms. The Bertz CT molecular complexity index is 465. The minimum Gasteiger partial charge on any atom is -0.344 e. The number of likely N-dealkylation sites (N-methyl/N-ethyl adjacent to an activating group) is 1. The molecule has 1 aromatic rings. The van der Waals surface area contributed by atoms with E-state index in [4.69, 9.17) is 11.6 Å². The van der Waals surface area contributed by atoms with Gasteiger partial charge in [-0.15, -0.1) is 0 Å². The van der Waals surface area contributed by atoms with Crippen LogP contribution < -0.4 is 5.32 Å². The lowest BCUT2D eigenvalue weighted by Crippen LogP contribution is -2.40. The summed E-state index contributed by atoms with van der Waals surface area (Å²) in [5.41, 5.74) is 0.0871. The largest absolute Gasteiger partial charge is 0.344 e. The maximum atomic E-state index is 11.8. The first kappa shape index (κ1) is 11.8. The van der Waals surface area contributed by atoms with Crippen molar-refractivity contribution in [2.24, 2.45) is 0 Å². The summed E-state index contributed by atoms with van der Waals surface area (Å²) >= 11 is 5.79. The van der Waals surface area contributed by atoms with E-state index in [-0.39, 0.29) is 16.6 Å². The van der Waals surface area contributed by atoms with Crippen LogP contribution in [0.1, 0.15) is 16.9 Å². The van der Waals surface area contributed by atoms with Gasteiger partial charge in [0.1, 0.15) is 18.1 Å². The van der Waals surface area contributed by atoms with Crippen molar-refractivity contribution in [3.8, 4) is 0 Å². The molecule has 2 amide bonds. The highest BCUT2D eigenvalue weighted by Crippen LogP contribution is 2.13. The Kier molecular flexibility index (Phi) is 3.23. The zero-order chi connectivity index (χ0) is 12.4. The van der Waals surface area contributed by atoms with Crippen LogP contribution >= 0.6 is 11.6 Å². The van der Waals surface area contributed by atoms with E-state index in [1.54, 1.807) is 11.9 Å². The molecule has 1 aliphatic rings. The maximum Gasteiger partial charge on any atom is 0.272 e. The number of amides is 2. The second-order valence-electron chi connectivity index (χ2n) is 3.79. The molecule has 6 nitrogen and oxygen atoms in total. The fourth-order valence-electron chi connectivity index (χ4n) is 1.66. The predicted molar refractivity (Wildman–Crippen MR) is 60.6 cm³/mol. The minimum atomic E-state index is -0.487. The van der Waals surface area contributed by atoms with Crippen molar-refractivity contribution in [3.05, 3.63) is 23.2 Å². The van der Waals surface area contributed by atoms with E-state index in [2.05, 4.69) is 15.3 Å². The molecule has 0 bridgehead atoms. The fourth-order valence-corrected chi connectivity index (χ4v) is 1.85. The zero-order valence-electron chi connectivity index (χ0n) is 9.18. The topological polar surface area (TPSA) is 75.2 Å². The summed E-state index contributed by atoms with van der Waals surface area (Å²) in [5.74, 6) is -0.547. The van der Waals surface area contributed by atoms with Gasteiger partial charge < -0.3 is 10.2 Å². The lowest BCUT2D eigenvalue weighted by atomic mass is 10.2. The van der Waals surface area contributed by atoms with Gasteiger partial charge in [-0.25, -0.2) is 9.97 Å². The lowest BCUT2D eigenvalue weighted by molar-refractivity contribution is -0.128. The molecule has 0 radical (unpaired) electrons. The zero-order valence-corrected chi connectivity index (χ0v) is 9.94. The average Bonchev–Trinajstić information content (AvgIpc) is 2.61. The molecule has 1 fully saturated rings. The van der Waals surface area contributed by atoms with Gasteiger partial charge in [0.25, 0.3) is 5.91 Å². The summed E-state index contributed by atoms with van der Waals surface area (Å²) in [4.78, 5) is 32.5. The first-order chi connectivity index (χ1) is 8.09. The van der Waals surface area contributed by atoms with Gasteiger partial charge in [0.05, 0.1) is 5.02 Å². The van der Waals surface area contributed by atoms with Gasteiger partial charge >= 0.3 is 0 Å². The number of nitrogens with one attached hydrogen (secondary N) is 1. The Labute approximate surface area is 103 Å². The number of aromatic nitrogens is 2. The molecule has 1 aliphatic heterocycles. The maximum absolute atomic E-state index is 11.8. The van der Waals surface area contributed by atoms with Gasteiger partial charge in [0.2, 0.25) is 5.91 Å². The molecule has 1 saturated heterocycles.